The Morgan fingerprint density at radius 1 is 0.969 bits per heavy atom. The van der Waals surface area contributed by atoms with Gasteiger partial charge in [-0.05, 0) is 42.8 Å². The topological polar surface area (TPSA) is 121 Å². The number of aromatic nitrogens is 4. The highest BCUT2D eigenvalue weighted by molar-refractivity contribution is 6.01. The number of carbonyl (C=O) groups is 1. The first-order chi connectivity index (χ1) is 15.3. The maximum absolute atomic E-state index is 14.2. The van der Waals surface area contributed by atoms with Gasteiger partial charge in [-0.15, -0.1) is 0 Å². The summed E-state index contributed by atoms with van der Waals surface area (Å²) in [6.07, 6.45) is 3.01. The molecule has 0 atom stereocenters. The molecule has 3 heterocycles. The van der Waals surface area contributed by atoms with Gasteiger partial charge in [0.1, 0.15) is 29.0 Å². The standard InChI is InChI=1S/C23H18F2N6O/c1-12-29-19(10-21(27)30-12)14-7-8-28-11-13(14)9-20(32)23-17(26)5-6-18(31-23)22-15(24)3-2-4-16(22)25/h2-8,10-11H,9,26H2,1H3,(H2,27,29,30). The van der Waals surface area contributed by atoms with Gasteiger partial charge in [0.25, 0.3) is 0 Å². The predicted octanol–water partition coefficient (Wildman–Crippen LogP) is 3.78. The summed E-state index contributed by atoms with van der Waals surface area (Å²) in [5, 5.41) is 0. The van der Waals surface area contributed by atoms with Crippen LogP contribution >= 0.6 is 0 Å². The summed E-state index contributed by atoms with van der Waals surface area (Å²) >= 11 is 0. The number of carbonyl (C=O) groups excluding carboxylic acids is 1. The summed E-state index contributed by atoms with van der Waals surface area (Å²) < 4.78 is 28.4. The van der Waals surface area contributed by atoms with Crippen molar-refractivity contribution >= 4 is 17.3 Å². The van der Waals surface area contributed by atoms with Crippen molar-refractivity contribution in [1.82, 2.24) is 19.9 Å². The lowest BCUT2D eigenvalue weighted by Crippen LogP contribution is -2.12. The number of halogens is 2. The number of nitrogens with zero attached hydrogens (tertiary/aromatic N) is 4. The van der Waals surface area contributed by atoms with Gasteiger partial charge in [-0.3, -0.25) is 9.78 Å². The van der Waals surface area contributed by atoms with Gasteiger partial charge in [-0.1, -0.05) is 6.07 Å². The van der Waals surface area contributed by atoms with Gasteiger partial charge in [0.15, 0.2) is 5.78 Å². The van der Waals surface area contributed by atoms with Crippen LogP contribution in [-0.4, -0.2) is 25.7 Å². The van der Waals surface area contributed by atoms with E-state index >= 15 is 0 Å². The highest BCUT2D eigenvalue weighted by Gasteiger charge is 2.19. The number of anilines is 2. The van der Waals surface area contributed by atoms with Crippen molar-refractivity contribution < 1.29 is 13.6 Å². The molecule has 1 aromatic carbocycles. The zero-order chi connectivity index (χ0) is 22.8. The van der Waals surface area contributed by atoms with E-state index in [4.69, 9.17) is 11.5 Å². The third kappa shape index (κ3) is 4.13. The monoisotopic (exact) mass is 432 g/mol. The van der Waals surface area contributed by atoms with E-state index in [1.165, 1.54) is 24.4 Å². The van der Waals surface area contributed by atoms with Crippen LogP contribution in [0.1, 0.15) is 21.9 Å². The number of hydrogen-bond donors (Lipinski definition) is 2. The van der Waals surface area contributed by atoms with Crippen molar-refractivity contribution in [3.05, 3.63) is 83.6 Å². The lowest BCUT2D eigenvalue weighted by Gasteiger charge is -2.11. The van der Waals surface area contributed by atoms with E-state index in [-0.39, 0.29) is 29.1 Å². The molecule has 4 aromatic rings. The van der Waals surface area contributed by atoms with Crippen LogP contribution in [0.2, 0.25) is 0 Å². The van der Waals surface area contributed by atoms with E-state index in [1.807, 2.05) is 0 Å². The minimum Gasteiger partial charge on any atom is -0.397 e. The number of ketones is 1. The van der Waals surface area contributed by atoms with Crippen molar-refractivity contribution in [3.8, 4) is 22.5 Å². The lowest BCUT2D eigenvalue weighted by molar-refractivity contribution is 0.0989. The first kappa shape index (κ1) is 21.0. The maximum Gasteiger partial charge on any atom is 0.187 e. The highest BCUT2D eigenvalue weighted by atomic mass is 19.1. The molecule has 0 aliphatic rings. The molecule has 9 heteroatoms. The minimum atomic E-state index is -0.785. The molecule has 7 nitrogen and oxygen atoms in total. The zero-order valence-electron chi connectivity index (χ0n) is 17.0. The Morgan fingerprint density at radius 2 is 1.72 bits per heavy atom. The average Bonchev–Trinajstić information content (AvgIpc) is 2.74. The number of aryl methyl sites for hydroxylation is 1. The number of nitrogens with two attached hydrogens (primary N) is 2. The minimum absolute atomic E-state index is 0.0243. The van der Waals surface area contributed by atoms with Gasteiger partial charge in [0.2, 0.25) is 0 Å². The third-order valence-corrected chi connectivity index (χ3v) is 4.80. The van der Waals surface area contributed by atoms with Crippen LogP contribution in [0.15, 0.2) is 54.9 Å². The van der Waals surface area contributed by atoms with Crippen LogP contribution in [0.5, 0.6) is 0 Å². The molecule has 0 spiro atoms. The fraction of sp³-hybridized carbons (Fsp3) is 0.0870. The van der Waals surface area contributed by atoms with Crippen LogP contribution in [0.25, 0.3) is 22.5 Å². The SMILES string of the molecule is Cc1nc(N)cc(-c2ccncc2CC(=O)c2nc(-c3c(F)cccc3F)ccc2N)n1. The molecule has 4 N–H and O–H groups in total. The Bertz CT molecular complexity index is 1300. The van der Waals surface area contributed by atoms with Crippen molar-refractivity contribution in [3.63, 3.8) is 0 Å². The number of pyridine rings is 2. The molecule has 0 aliphatic carbocycles. The van der Waals surface area contributed by atoms with E-state index in [1.54, 1.807) is 25.3 Å². The van der Waals surface area contributed by atoms with Gasteiger partial charge in [0, 0.05) is 30.4 Å². The molecular weight excluding hydrogens is 414 g/mol. The quantitative estimate of drug-likeness (QED) is 0.460. The second-order valence-corrected chi connectivity index (χ2v) is 7.09. The van der Waals surface area contributed by atoms with Gasteiger partial charge >= 0.3 is 0 Å². The summed E-state index contributed by atoms with van der Waals surface area (Å²) in [6, 6.07) is 9.58. The molecule has 0 amide bonds. The Kier molecular flexibility index (Phi) is 5.55. The molecule has 0 aliphatic heterocycles. The molecule has 0 radical (unpaired) electrons. The molecule has 160 valence electrons. The van der Waals surface area contributed by atoms with E-state index in [2.05, 4.69) is 19.9 Å². The Morgan fingerprint density at radius 3 is 2.44 bits per heavy atom. The van der Waals surface area contributed by atoms with Gasteiger partial charge in [-0.25, -0.2) is 23.7 Å². The van der Waals surface area contributed by atoms with Gasteiger partial charge in [-0.2, -0.15) is 0 Å². The fourth-order valence-corrected chi connectivity index (χ4v) is 3.38. The highest BCUT2D eigenvalue weighted by Crippen LogP contribution is 2.28. The molecule has 4 rings (SSSR count). The normalized spacial score (nSPS) is 10.8. The Hall–Kier alpha value is -4.27. The number of hydrogen-bond acceptors (Lipinski definition) is 7. The van der Waals surface area contributed by atoms with Crippen LogP contribution in [-0.2, 0) is 6.42 Å². The van der Waals surface area contributed by atoms with Crippen molar-refractivity contribution in [1.29, 1.82) is 0 Å². The Balaban J connectivity index is 1.72. The second kappa shape index (κ2) is 8.46. The third-order valence-electron chi connectivity index (χ3n) is 4.80. The molecule has 0 bridgehead atoms. The lowest BCUT2D eigenvalue weighted by atomic mass is 9.99. The van der Waals surface area contributed by atoms with Crippen LogP contribution in [0.4, 0.5) is 20.3 Å². The first-order valence-corrected chi connectivity index (χ1v) is 9.62. The summed E-state index contributed by atoms with van der Waals surface area (Å²) in [5.74, 6) is -1.22. The van der Waals surface area contributed by atoms with E-state index in [0.717, 1.165) is 12.1 Å². The zero-order valence-corrected chi connectivity index (χ0v) is 17.0. The van der Waals surface area contributed by atoms with E-state index in [0.29, 0.717) is 28.5 Å². The molecular formula is C23H18F2N6O. The number of rotatable bonds is 5. The summed E-state index contributed by atoms with van der Waals surface area (Å²) in [4.78, 5) is 29.8. The second-order valence-electron chi connectivity index (χ2n) is 7.09. The Labute approximate surface area is 182 Å². The van der Waals surface area contributed by atoms with Gasteiger partial charge in [0.05, 0.1) is 22.6 Å². The summed E-state index contributed by atoms with van der Waals surface area (Å²) in [7, 11) is 0. The van der Waals surface area contributed by atoms with Crippen molar-refractivity contribution in [2.24, 2.45) is 0 Å². The number of nitrogen functional groups attached to an aromatic ring is 2. The van der Waals surface area contributed by atoms with E-state index < -0.39 is 17.4 Å². The summed E-state index contributed by atoms with van der Waals surface area (Å²) in [6.45, 7) is 1.71. The average molecular weight is 432 g/mol. The molecule has 0 unspecified atom stereocenters. The molecule has 3 aromatic heterocycles. The molecule has 0 saturated carbocycles. The number of benzene rings is 1. The van der Waals surface area contributed by atoms with E-state index in [9.17, 15) is 13.6 Å². The van der Waals surface area contributed by atoms with Crippen molar-refractivity contribution in [2.75, 3.05) is 11.5 Å². The van der Waals surface area contributed by atoms with Crippen molar-refractivity contribution in [2.45, 2.75) is 13.3 Å². The van der Waals surface area contributed by atoms with Crippen LogP contribution in [0, 0.1) is 18.6 Å². The first-order valence-electron chi connectivity index (χ1n) is 9.62. The summed E-state index contributed by atoms with van der Waals surface area (Å²) in [5.41, 5.74) is 13.2. The number of Topliss-reactive ketones (excluding diaryl/α,β-unsaturated/α-hetero) is 1. The maximum atomic E-state index is 14.2. The predicted molar refractivity (Wildman–Crippen MR) is 116 cm³/mol. The molecule has 0 fully saturated rings. The van der Waals surface area contributed by atoms with Crippen LogP contribution in [0.3, 0.4) is 0 Å². The molecule has 32 heavy (non-hydrogen) atoms. The molecule has 0 saturated heterocycles. The van der Waals surface area contributed by atoms with Gasteiger partial charge < -0.3 is 11.5 Å². The fourth-order valence-electron chi connectivity index (χ4n) is 3.38. The van der Waals surface area contributed by atoms with Crippen LogP contribution < -0.4 is 11.5 Å². The smallest absolute Gasteiger partial charge is 0.187 e. The largest absolute Gasteiger partial charge is 0.397 e.